The van der Waals surface area contributed by atoms with Gasteiger partial charge >= 0.3 is 0 Å². The van der Waals surface area contributed by atoms with Crippen LogP contribution in [0.15, 0.2) is 58.4 Å². The number of rotatable bonds is 8. The molecule has 0 saturated carbocycles. The Balaban J connectivity index is 1.92. The first-order valence-electron chi connectivity index (χ1n) is 9.32. The van der Waals surface area contributed by atoms with Gasteiger partial charge in [0.1, 0.15) is 11.9 Å². The van der Waals surface area contributed by atoms with E-state index in [0.29, 0.717) is 23.9 Å². The third-order valence-electron chi connectivity index (χ3n) is 4.00. The lowest BCUT2D eigenvalue weighted by atomic mass is 10.2. The maximum atomic E-state index is 11.5. The van der Waals surface area contributed by atoms with Crippen LogP contribution in [0.3, 0.4) is 0 Å². The van der Waals surface area contributed by atoms with Gasteiger partial charge in [-0.05, 0) is 56.2 Å². The largest absolute Gasteiger partial charge is 0.489 e. The lowest BCUT2D eigenvalue weighted by molar-refractivity contribution is 0.223. The van der Waals surface area contributed by atoms with Gasteiger partial charge in [0.25, 0.3) is 0 Å². The molecule has 0 aromatic heterocycles. The Bertz CT molecular complexity index is 893. The molecule has 0 spiro atoms. The molecule has 1 unspecified atom stereocenters. The topological polar surface area (TPSA) is 79.8 Å². The molecule has 0 saturated heterocycles. The SMILES string of the molecule is CCNC(=NCc1ccc(S(C)(=O)=O)cc1)NCC(C)Oc1cccc(C)c1. The Kier molecular flexibility index (Phi) is 7.87. The second-order valence-electron chi connectivity index (χ2n) is 6.74. The summed E-state index contributed by atoms with van der Waals surface area (Å²) >= 11 is 0. The van der Waals surface area contributed by atoms with Crippen LogP contribution < -0.4 is 15.4 Å². The number of guanidine groups is 1. The highest BCUT2D eigenvalue weighted by atomic mass is 32.2. The molecule has 2 aromatic carbocycles. The normalized spacial score (nSPS) is 13.1. The van der Waals surface area contributed by atoms with E-state index in [1.807, 2.05) is 45.0 Å². The molecule has 28 heavy (non-hydrogen) atoms. The fraction of sp³-hybridized carbons (Fsp3) is 0.381. The number of nitrogens with zero attached hydrogens (tertiary/aromatic N) is 1. The third kappa shape index (κ3) is 7.23. The van der Waals surface area contributed by atoms with Gasteiger partial charge in [-0.25, -0.2) is 13.4 Å². The van der Waals surface area contributed by atoms with Crippen LogP contribution in [0.5, 0.6) is 5.75 Å². The zero-order valence-electron chi connectivity index (χ0n) is 16.9. The van der Waals surface area contributed by atoms with Gasteiger partial charge < -0.3 is 15.4 Å². The molecular weight excluding hydrogens is 374 g/mol. The van der Waals surface area contributed by atoms with Crippen molar-refractivity contribution in [2.45, 2.75) is 38.3 Å². The van der Waals surface area contributed by atoms with Gasteiger partial charge in [-0.1, -0.05) is 24.3 Å². The number of hydrogen-bond donors (Lipinski definition) is 2. The zero-order valence-corrected chi connectivity index (χ0v) is 17.7. The van der Waals surface area contributed by atoms with Crippen LogP contribution in [0, 0.1) is 6.92 Å². The summed E-state index contributed by atoms with van der Waals surface area (Å²) in [5.41, 5.74) is 2.10. The Morgan fingerprint density at radius 1 is 1.14 bits per heavy atom. The first-order chi connectivity index (χ1) is 13.3. The molecule has 0 fully saturated rings. The van der Waals surface area contributed by atoms with Gasteiger partial charge in [-0.3, -0.25) is 0 Å². The summed E-state index contributed by atoms with van der Waals surface area (Å²) in [5, 5.41) is 6.48. The predicted molar refractivity (Wildman–Crippen MR) is 114 cm³/mol. The lowest BCUT2D eigenvalue weighted by Crippen LogP contribution is -2.41. The van der Waals surface area contributed by atoms with Crippen LogP contribution in [-0.4, -0.2) is 39.8 Å². The fourth-order valence-corrected chi connectivity index (χ4v) is 3.19. The molecule has 7 heteroatoms. The van der Waals surface area contributed by atoms with Gasteiger partial charge in [0.2, 0.25) is 0 Å². The first-order valence-corrected chi connectivity index (χ1v) is 11.2. The average molecular weight is 404 g/mol. The van der Waals surface area contributed by atoms with Crippen molar-refractivity contribution in [2.24, 2.45) is 4.99 Å². The minimum atomic E-state index is -3.18. The number of hydrogen-bond acceptors (Lipinski definition) is 4. The molecular formula is C21H29N3O3S. The molecule has 2 aromatic rings. The molecule has 6 nitrogen and oxygen atoms in total. The van der Waals surface area contributed by atoms with Crippen molar-refractivity contribution >= 4 is 15.8 Å². The molecule has 2 rings (SSSR count). The van der Waals surface area contributed by atoms with Crippen molar-refractivity contribution < 1.29 is 13.2 Å². The fourth-order valence-electron chi connectivity index (χ4n) is 2.56. The van der Waals surface area contributed by atoms with E-state index in [1.54, 1.807) is 24.3 Å². The highest BCUT2D eigenvalue weighted by Gasteiger charge is 2.07. The standard InChI is InChI=1S/C21H29N3O3S/c1-5-22-21(23-14-17(3)27-19-8-6-7-16(2)13-19)24-15-18-9-11-20(12-10-18)28(4,25)26/h6-13,17H,5,14-15H2,1-4H3,(H2,22,23,24). The number of benzene rings is 2. The Morgan fingerprint density at radius 3 is 2.46 bits per heavy atom. The maximum absolute atomic E-state index is 11.5. The molecule has 152 valence electrons. The third-order valence-corrected chi connectivity index (χ3v) is 5.13. The lowest BCUT2D eigenvalue weighted by Gasteiger charge is -2.18. The molecule has 0 amide bonds. The Labute approximate surface area is 168 Å². The van der Waals surface area contributed by atoms with Crippen molar-refractivity contribution in [3.05, 3.63) is 59.7 Å². The number of nitrogens with one attached hydrogen (secondary N) is 2. The molecule has 2 N–H and O–H groups in total. The first kappa shape index (κ1) is 21.8. The highest BCUT2D eigenvalue weighted by molar-refractivity contribution is 7.90. The number of aliphatic imine (C=N–C) groups is 1. The summed E-state index contributed by atoms with van der Waals surface area (Å²) < 4.78 is 29.0. The van der Waals surface area contributed by atoms with Crippen molar-refractivity contribution in [3.8, 4) is 5.75 Å². The summed E-state index contributed by atoms with van der Waals surface area (Å²) in [4.78, 5) is 4.87. The van der Waals surface area contributed by atoms with E-state index in [0.717, 1.165) is 23.4 Å². The smallest absolute Gasteiger partial charge is 0.191 e. The monoisotopic (exact) mass is 403 g/mol. The maximum Gasteiger partial charge on any atom is 0.191 e. The number of ether oxygens (including phenoxy) is 1. The van der Waals surface area contributed by atoms with Gasteiger partial charge in [0.15, 0.2) is 15.8 Å². The second kappa shape index (κ2) is 10.1. The van der Waals surface area contributed by atoms with Gasteiger partial charge in [-0.2, -0.15) is 0 Å². The van der Waals surface area contributed by atoms with E-state index in [2.05, 4.69) is 15.6 Å². The van der Waals surface area contributed by atoms with E-state index in [9.17, 15) is 8.42 Å². The van der Waals surface area contributed by atoms with E-state index < -0.39 is 9.84 Å². The average Bonchev–Trinajstić information content (AvgIpc) is 2.63. The quantitative estimate of drug-likeness (QED) is 0.523. The van der Waals surface area contributed by atoms with Crippen molar-refractivity contribution in [3.63, 3.8) is 0 Å². The molecule has 0 aliphatic carbocycles. The number of aryl methyl sites for hydroxylation is 1. The second-order valence-corrected chi connectivity index (χ2v) is 8.75. The molecule has 0 aliphatic rings. The molecule has 0 bridgehead atoms. The Hall–Kier alpha value is -2.54. The van der Waals surface area contributed by atoms with E-state index >= 15 is 0 Å². The summed E-state index contributed by atoms with van der Waals surface area (Å²) in [6.45, 7) is 7.84. The van der Waals surface area contributed by atoms with Gasteiger partial charge in [-0.15, -0.1) is 0 Å². The number of sulfone groups is 1. The molecule has 0 heterocycles. The van der Waals surface area contributed by atoms with Gasteiger partial charge in [0.05, 0.1) is 18.0 Å². The highest BCUT2D eigenvalue weighted by Crippen LogP contribution is 2.14. The van der Waals surface area contributed by atoms with Crippen molar-refractivity contribution in [1.29, 1.82) is 0 Å². The Morgan fingerprint density at radius 2 is 1.86 bits per heavy atom. The van der Waals surface area contributed by atoms with Crippen LogP contribution in [0.2, 0.25) is 0 Å². The van der Waals surface area contributed by atoms with Crippen LogP contribution >= 0.6 is 0 Å². The molecule has 1 atom stereocenters. The summed E-state index contributed by atoms with van der Waals surface area (Å²) in [7, 11) is -3.18. The van der Waals surface area contributed by atoms with Crippen LogP contribution in [0.25, 0.3) is 0 Å². The van der Waals surface area contributed by atoms with Crippen molar-refractivity contribution in [2.75, 3.05) is 19.3 Å². The summed E-state index contributed by atoms with van der Waals surface area (Å²) in [5.74, 6) is 1.54. The van der Waals surface area contributed by atoms with Gasteiger partial charge in [0, 0.05) is 12.8 Å². The predicted octanol–water partition coefficient (Wildman–Crippen LogP) is 2.92. The summed E-state index contributed by atoms with van der Waals surface area (Å²) in [6.07, 6.45) is 1.17. The minimum Gasteiger partial charge on any atom is -0.489 e. The summed E-state index contributed by atoms with van der Waals surface area (Å²) in [6, 6.07) is 14.8. The van der Waals surface area contributed by atoms with Crippen molar-refractivity contribution in [1.82, 2.24) is 10.6 Å². The van der Waals surface area contributed by atoms with E-state index in [4.69, 9.17) is 4.74 Å². The van der Waals surface area contributed by atoms with Crippen LogP contribution in [0.4, 0.5) is 0 Å². The molecule has 0 aliphatic heterocycles. The van der Waals surface area contributed by atoms with Crippen LogP contribution in [0.1, 0.15) is 25.0 Å². The van der Waals surface area contributed by atoms with E-state index in [-0.39, 0.29) is 6.10 Å². The minimum absolute atomic E-state index is 0.0281. The molecule has 0 radical (unpaired) electrons. The zero-order chi connectivity index (χ0) is 20.6. The van der Waals surface area contributed by atoms with Crippen LogP contribution in [-0.2, 0) is 16.4 Å². The van der Waals surface area contributed by atoms with E-state index in [1.165, 1.54) is 6.26 Å².